The van der Waals surface area contributed by atoms with Gasteiger partial charge in [0.1, 0.15) is 0 Å². The molecule has 1 heterocycles. The summed E-state index contributed by atoms with van der Waals surface area (Å²) in [5.41, 5.74) is 8.20. The van der Waals surface area contributed by atoms with Gasteiger partial charge in [-0.15, -0.1) is 0 Å². The van der Waals surface area contributed by atoms with Gasteiger partial charge in [-0.1, -0.05) is 19.3 Å². The molecule has 0 amide bonds. The number of rotatable bonds is 2. The maximum atomic E-state index is 5.81. The van der Waals surface area contributed by atoms with Crippen molar-refractivity contribution in [2.45, 2.75) is 56.8 Å². The first-order valence-corrected chi connectivity index (χ1v) is 6.47. The standard InChI is InChI=1S/C13H19N3/c14-13-15-11(9-4-2-1-3-5-9)8-12(16-13)10-6-7-10/h8-10H,1-7H2,(H2,14,15,16). The fraction of sp³-hybridized carbons (Fsp3) is 0.692. The molecule has 2 N–H and O–H groups in total. The van der Waals surface area contributed by atoms with Crippen LogP contribution in [0, 0.1) is 0 Å². The number of hydrogen-bond donors (Lipinski definition) is 1. The minimum Gasteiger partial charge on any atom is -0.368 e. The summed E-state index contributed by atoms with van der Waals surface area (Å²) >= 11 is 0. The van der Waals surface area contributed by atoms with Gasteiger partial charge in [-0.05, 0) is 31.7 Å². The van der Waals surface area contributed by atoms with Crippen LogP contribution in [0.15, 0.2) is 6.07 Å². The quantitative estimate of drug-likeness (QED) is 0.828. The fourth-order valence-corrected chi connectivity index (χ4v) is 2.70. The minimum absolute atomic E-state index is 0.477. The average Bonchev–Trinajstić information content (AvgIpc) is 3.13. The van der Waals surface area contributed by atoms with Crippen molar-refractivity contribution in [1.29, 1.82) is 0 Å². The molecule has 1 aromatic rings. The van der Waals surface area contributed by atoms with Crippen molar-refractivity contribution in [1.82, 2.24) is 9.97 Å². The highest BCUT2D eigenvalue weighted by atomic mass is 15.0. The zero-order valence-corrected chi connectivity index (χ0v) is 9.65. The van der Waals surface area contributed by atoms with Gasteiger partial charge in [0, 0.05) is 23.2 Å². The van der Waals surface area contributed by atoms with Crippen molar-refractivity contribution in [2.75, 3.05) is 5.73 Å². The minimum atomic E-state index is 0.477. The molecule has 2 aliphatic carbocycles. The second-order valence-corrected chi connectivity index (χ2v) is 5.19. The van der Waals surface area contributed by atoms with Gasteiger partial charge in [0.2, 0.25) is 5.95 Å². The molecule has 0 bridgehead atoms. The molecule has 0 spiro atoms. The molecule has 0 unspecified atom stereocenters. The Morgan fingerprint density at radius 2 is 1.44 bits per heavy atom. The van der Waals surface area contributed by atoms with E-state index in [4.69, 9.17) is 5.73 Å². The van der Waals surface area contributed by atoms with Gasteiger partial charge in [-0.25, -0.2) is 9.97 Å². The molecule has 86 valence electrons. The van der Waals surface area contributed by atoms with E-state index in [1.54, 1.807) is 0 Å². The van der Waals surface area contributed by atoms with E-state index in [0.717, 1.165) is 0 Å². The third kappa shape index (κ3) is 2.04. The highest BCUT2D eigenvalue weighted by Gasteiger charge is 2.27. The van der Waals surface area contributed by atoms with Gasteiger partial charge in [0.15, 0.2) is 0 Å². The van der Waals surface area contributed by atoms with Crippen molar-refractivity contribution in [3.05, 3.63) is 17.5 Å². The second kappa shape index (κ2) is 4.04. The van der Waals surface area contributed by atoms with Crippen LogP contribution >= 0.6 is 0 Å². The van der Waals surface area contributed by atoms with Crippen LogP contribution in [0.3, 0.4) is 0 Å². The first-order chi connectivity index (χ1) is 7.83. The number of nitrogen functional groups attached to an aromatic ring is 1. The summed E-state index contributed by atoms with van der Waals surface area (Å²) in [6, 6.07) is 2.21. The molecule has 3 nitrogen and oxygen atoms in total. The molecule has 0 radical (unpaired) electrons. The lowest BCUT2D eigenvalue weighted by molar-refractivity contribution is 0.436. The van der Waals surface area contributed by atoms with E-state index in [1.807, 2.05) is 0 Å². The number of aromatic nitrogens is 2. The maximum absolute atomic E-state index is 5.81. The Morgan fingerprint density at radius 3 is 2.00 bits per heavy atom. The summed E-state index contributed by atoms with van der Waals surface area (Å²) in [7, 11) is 0. The zero-order valence-electron chi connectivity index (χ0n) is 9.65. The van der Waals surface area contributed by atoms with Crippen molar-refractivity contribution < 1.29 is 0 Å². The Kier molecular flexibility index (Phi) is 2.54. The molecular weight excluding hydrogens is 198 g/mol. The smallest absolute Gasteiger partial charge is 0.220 e. The third-order valence-corrected chi connectivity index (χ3v) is 3.80. The number of nitrogens with zero attached hydrogens (tertiary/aromatic N) is 2. The van der Waals surface area contributed by atoms with Crippen LogP contribution in [-0.2, 0) is 0 Å². The van der Waals surface area contributed by atoms with Gasteiger partial charge in [0.25, 0.3) is 0 Å². The maximum Gasteiger partial charge on any atom is 0.220 e. The molecule has 2 aliphatic rings. The Labute approximate surface area is 96.5 Å². The van der Waals surface area contributed by atoms with E-state index in [1.165, 1.54) is 56.3 Å². The highest BCUT2D eigenvalue weighted by molar-refractivity contribution is 5.28. The molecule has 2 fully saturated rings. The molecule has 3 heteroatoms. The predicted molar refractivity (Wildman–Crippen MR) is 64.2 cm³/mol. The summed E-state index contributed by atoms with van der Waals surface area (Å²) < 4.78 is 0. The van der Waals surface area contributed by atoms with Crippen molar-refractivity contribution in [3.8, 4) is 0 Å². The van der Waals surface area contributed by atoms with Crippen molar-refractivity contribution in [3.63, 3.8) is 0 Å². The summed E-state index contributed by atoms with van der Waals surface area (Å²) in [5, 5.41) is 0. The topological polar surface area (TPSA) is 51.8 Å². The van der Waals surface area contributed by atoms with Gasteiger partial charge >= 0.3 is 0 Å². The number of hydrogen-bond acceptors (Lipinski definition) is 3. The Balaban J connectivity index is 1.86. The summed E-state index contributed by atoms with van der Waals surface area (Å²) in [4.78, 5) is 8.79. The van der Waals surface area contributed by atoms with E-state index in [-0.39, 0.29) is 0 Å². The zero-order chi connectivity index (χ0) is 11.0. The summed E-state index contributed by atoms with van der Waals surface area (Å²) in [6.45, 7) is 0. The molecule has 1 aromatic heterocycles. The Hall–Kier alpha value is -1.12. The molecule has 0 aliphatic heterocycles. The van der Waals surface area contributed by atoms with E-state index in [2.05, 4.69) is 16.0 Å². The van der Waals surface area contributed by atoms with Crippen LogP contribution in [0.1, 0.15) is 68.2 Å². The number of nitrogens with two attached hydrogens (primary N) is 1. The van der Waals surface area contributed by atoms with E-state index in [0.29, 0.717) is 17.8 Å². The molecule has 3 rings (SSSR count). The first-order valence-electron chi connectivity index (χ1n) is 6.47. The third-order valence-electron chi connectivity index (χ3n) is 3.80. The normalized spacial score (nSPS) is 22.2. The van der Waals surface area contributed by atoms with Crippen LogP contribution in [-0.4, -0.2) is 9.97 Å². The monoisotopic (exact) mass is 217 g/mol. The largest absolute Gasteiger partial charge is 0.368 e. The Bertz CT molecular complexity index is 379. The van der Waals surface area contributed by atoms with E-state index in [9.17, 15) is 0 Å². The summed E-state index contributed by atoms with van der Waals surface area (Å²) in [5.74, 6) is 1.79. The fourth-order valence-electron chi connectivity index (χ4n) is 2.70. The molecule has 0 aromatic carbocycles. The predicted octanol–water partition coefficient (Wildman–Crippen LogP) is 2.98. The van der Waals surface area contributed by atoms with Crippen LogP contribution in [0.2, 0.25) is 0 Å². The van der Waals surface area contributed by atoms with Crippen molar-refractivity contribution >= 4 is 5.95 Å². The van der Waals surface area contributed by atoms with E-state index >= 15 is 0 Å². The van der Waals surface area contributed by atoms with Crippen molar-refractivity contribution in [2.24, 2.45) is 0 Å². The van der Waals surface area contributed by atoms with E-state index < -0.39 is 0 Å². The summed E-state index contributed by atoms with van der Waals surface area (Å²) in [6.07, 6.45) is 9.18. The SMILES string of the molecule is Nc1nc(C2CCCCC2)cc(C2CC2)n1. The molecule has 2 saturated carbocycles. The lowest BCUT2D eigenvalue weighted by atomic mass is 9.86. The number of anilines is 1. The molecular formula is C13H19N3. The Morgan fingerprint density at radius 1 is 0.875 bits per heavy atom. The second-order valence-electron chi connectivity index (χ2n) is 5.19. The van der Waals surface area contributed by atoms with Crippen LogP contribution < -0.4 is 5.73 Å². The van der Waals surface area contributed by atoms with Gasteiger partial charge in [-0.3, -0.25) is 0 Å². The molecule has 16 heavy (non-hydrogen) atoms. The lowest BCUT2D eigenvalue weighted by Crippen LogP contribution is -2.10. The first kappa shape index (κ1) is 10.1. The molecule has 0 atom stereocenters. The van der Waals surface area contributed by atoms with Gasteiger partial charge in [0.05, 0.1) is 0 Å². The molecule has 0 saturated heterocycles. The van der Waals surface area contributed by atoms with Crippen LogP contribution in [0.5, 0.6) is 0 Å². The van der Waals surface area contributed by atoms with Gasteiger partial charge < -0.3 is 5.73 Å². The van der Waals surface area contributed by atoms with Crippen LogP contribution in [0.25, 0.3) is 0 Å². The highest BCUT2D eigenvalue weighted by Crippen LogP contribution is 2.40. The van der Waals surface area contributed by atoms with Gasteiger partial charge in [-0.2, -0.15) is 0 Å². The lowest BCUT2D eigenvalue weighted by Gasteiger charge is -2.21. The van der Waals surface area contributed by atoms with Crippen LogP contribution in [0.4, 0.5) is 5.95 Å². The average molecular weight is 217 g/mol.